The monoisotopic (exact) mass is 419 g/mol. The molecule has 0 saturated carbocycles. The number of anilines is 1. The third kappa shape index (κ3) is 11.8. The van der Waals surface area contributed by atoms with Crippen LogP contribution in [0.1, 0.15) is 96.8 Å². The van der Waals surface area contributed by atoms with Crippen LogP contribution in [0.4, 0.5) is 5.69 Å². The minimum Gasteiger partial charge on any atom is -0.479 e. The predicted octanol–water partition coefficient (Wildman–Crippen LogP) is 6.47. The summed E-state index contributed by atoms with van der Waals surface area (Å²) in [4.78, 5) is 20.2. The Bertz CT molecular complexity index is 583. The first-order valence-corrected chi connectivity index (χ1v) is 11.6. The smallest absolute Gasteiger partial charge is 0.244 e. The molecule has 1 heterocycles. The summed E-state index contributed by atoms with van der Waals surface area (Å²) in [6.45, 7) is 2.26. The van der Waals surface area contributed by atoms with E-state index in [0.717, 1.165) is 12.8 Å². The first kappa shape index (κ1) is 25.9. The second-order valence-corrected chi connectivity index (χ2v) is 7.65. The highest BCUT2D eigenvalue weighted by Crippen LogP contribution is 2.29. The summed E-state index contributed by atoms with van der Waals surface area (Å²) in [5.41, 5.74) is 0.389. The van der Waals surface area contributed by atoms with Gasteiger partial charge >= 0.3 is 0 Å². The minimum atomic E-state index is -0.0703. The topological polar surface area (TPSA) is 73.3 Å². The molecule has 0 spiro atoms. The van der Waals surface area contributed by atoms with E-state index in [2.05, 4.69) is 34.4 Å². The van der Waals surface area contributed by atoms with Gasteiger partial charge in [-0.05, 0) is 32.1 Å². The molecular weight excluding hydrogens is 378 g/mol. The van der Waals surface area contributed by atoms with Gasteiger partial charge < -0.3 is 14.8 Å². The zero-order chi connectivity index (χ0) is 21.9. The first-order valence-electron chi connectivity index (χ1n) is 11.6. The molecule has 6 nitrogen and oxygen atoms in total. The number of methoxy groups -OCH3 is 2. The van der Waals surface area contributed by atoms with Gasteiger partial charge in [-0.25, -0.2) is 0 Å². The lowest BCUT2D eigenvalue weighted by Gasteiger charge is -2.11. The van der Waals surface area contributed by atoms with Crippen molar-refractivity contribution in [2.75, 3.05) is 19.5 Å². The first-order chi connectivity index (χ1) is 14.7. The van der Waals surface area contributed by atoms with Gasteiger partial charge in [0.05, 0.1) is 14.2 Å². The van der Waals surface area contributed by atoms with Crippen molar-refractivity contribution in [1.29, 1.82) is 0 Å². The van der Waals surface area contributed by atoms with Crippen LogP contribution in [0.15, 0.2) is 18.5 Å². The van der Waals surface area contributed by atoms with E-state index in [-0.39, 0.29) is 5.91 Å². The molecule has 0 bridgehead atoms. The fourth-order valence-corrected chi connectivity index (χ4v) is 3.33. The number of allylic oxidation sites excluding steroid dienone is 2. The second kappa shape index (κ2) is 17.7. The lowest BCUT2D eigenvalue weighted by atomic mass is 10.1. The summed E-state index contributed by atoms with van der Waals surface area (Å²) in [5.74, 6) is 0.540. The van der Waals surface area contributed by atoms with Crippen LogP contribution in [-0.4, -0.2) is 30.1 Å². The third-order valence-corrected chi connectivity index (χ3v) is 5.09. The van der Waals surface area contributed by atoms with E-state index >= 15 is 0 Å². The molecule has 0 aliphatic heterocycles. The Morgan fingerprint density at radius 2 is 1.33 bits per heavy atom. The minimum absolute atomic E-state index is 0.0703. The van der Waals surface area contributed by atoms with E-state index in [1.165, 1.54) is 91.2 Å². The molecule has 1 rings (SSSR count). The number of hydrogen-bond acceptors (Lipinski definition) is 5. The van der Waals surface area contributed by atoms with Gasteiger partial charge in [0, 0.05) is 6.42 Å². The summed E-state index contributed by atoms with van der Waals surface area (Å²) < 4.78 is 10.3. The molecule has 1 N–H and O–H groups in total. The molecule has 1 aromatic heterocycles. The lowest BCUT2D eigenvalue weighted by Crippen LogP contribution is -2.14. The average molecular weight is 420 g/mol. The van der Waals surface area contributed by atoms with E-state index in [4.69, 9.17) is 9.47 Å². The van der Waals surface area contributed by atoms with Crippen LogP contribution < -0.4 is 14.8 Å². The Morgan fingerprint density at radius 1 is 0.833 bits per heavy atom. The maximum Gasteiger partial charge on any atom is 0.244 e. The average Bonchev–Trinajstić information content (AvgIpc) is 2.76. The van der Waals surface area contributed by atoms with Gasteiger partial charge in [-0.1, -0.05) is 70.4 Å². The molecule has 1 amide bonds. The van der Waals surface area contributed by atoms with E-state index in [1.807, 2.05) is 0 Å². The maximum atomic E-state index is 12.2. The maximum absolute atomic E-state index is 12.2. The van der Waals surface area contributed by atoms with E-state index in [9.17, 15) is 4.79 Å². The van der Waals surface area contributed by atoms with Crippen molar-refractivity contribution in [2.45, 2.75) is 96.8 Å². The molecule has 30 heavy (non-hydrogen) atoms. The molecule has 0 radical (unpaired) electrons. The van der Waals surface area contributed by atoms with Gasteiger partial charge in [-0.15, -0.1) is 0 Å². The Hall–Kier alpha value is -2.11. The zero-order valence-corrected chi connectivity index (χ0v) is 19.3. The molecular formula is C24H41N3O3. The largest absolute Gasteiger partial charge is 0.479 e. The molecule has 1 aromatic rings. The number of amides is 1. The Balaban J connectivity index is 2.03. The fraction of sp³-hybridized carbons (Fsp3) is 0.708. The number of unbranched alkanes of at least 4 members (excludes halogenated alkanes) is 11. The van der Waals surface area contributed by atoms with Crippen LogP contribution in [0, 0.1) is 0 Å². The second-order valence-electron chi connectivity index (χ2n) is 7.65. The van der Waals surface area contributed by atoms with Crippen molar-refractivity contribution >= 4 is 11.6 Å². The molecule has 0 aromatic carbocycles. The van der Waals surface area contributed by atoms with E-state index < -0.39 is 0 Å². The van der Waals surface area contributed by atoms with Gasteiger partial charge in [-0.3, -0.25) is 4.79 Å². The molecule has 0 atom stereocenters. The summed E-state index contributed by atoms with van der Waals surface area (Å²) in [5, 5.41) is 2.81. The van der Waals surface area contributed by atoms with Gasteiger partial charge in [0.2, 0.25) is 17.7 Å². The lowest BCUT2D eigenvalue weighted by molar-refractivity contribution is -0.116. The standard InChI is InChI=1S/C24H41N3O3/c1-4-5-6-7-8-9-10-11-12-13-14-15-16-17-18-19-21(28)27-22-23(29-2)25-20-26-24(22)30-3/h11-12,20H,4-10,13-19H2,1-3H3,(H,27,28)/b12-11-. The van der Waals surface area contributed by atoms with Gasteiger partial charge in [0.15, 0.2) is 5.69 Å². The fourth-order valence-electron chi connectivity index (χ4n) is 3.33. The van der Waals surface area contributed by atoms with Crippen LogP contribution in [-0.2, 0) is 4.79 Å². The molecule has 170 valence electrons. The summed E-state index contributed by atoms with van der Waals surface area (Å²) in [6.07, 6.45) is 22.6. The highest BCUT2D eigenvalue weighted by atomic mass is 16.5. The molecule has 0 saturated heterocycles. The number of rotatable bonds is 18. The highest BCUT2D eigenvalue weighted by Gasteiger charge is 2.15. The third-order valence-electron chi connectivity index (χ3n) is 5.09. The SMILES string of the molecule is CCCCCCCC/C=C\CCCCCCCC(=O)Nc1c(OC)ncnc1OC. The van der Waals surface area contributed by atoms with Crippen molar-refractivity contribution in [3.8, 4) is 11.8 Å². The number of carbonyl (C=O) groups excluding carboxylic acids is 1. The number of nitrogens with zero attached hydrogens (tertiary/aromatic N) is 2. The van der Waals surface area contributed by atoms with E-state index in [1.54, 1.807) is 0 Å². The number of carbonyl (C=O) groups is 1. The number of nitrogens with one attached hydrogen (secondary N) is 1. The van der Waals surface area contributed by atoms with Crippen LogP contribution in [0.3, 0.4) is 0 Å². The normalized spacial score (nSPS) is 11.0. The van der Waals surface area contributed by atoms with Crippen molar-refractivity contribution in [3.63, 3.8) is 0 Å². The molecule has 0 aliphatic rings. The Morgan fingerprint density at radius 3 is 1.87 bits per heavy atom. The van der Waals surface area contributed by atoms with E-state index in [0.29, 0.717) is 23.9 Å². The number of aromatic nitrogens is 2. The van der Waals surface area contributed by atoms with Gasteiger partial charge in [-0.2, -0.15) is 9.97 Å². The van der Waals surface area contributed by atoms with Crippen LogP contribution in [0.25, 0.3) is 0 Å². The zero-order valence-electron chi connectivity index (χ0n) is 19.3. The predicted molar refractivity (Wildman–Crippen MR) is 123 cm³/mol. The van der Waals surface area contributed by atoms with Crippen LogP contribution in [0.5, 0.6) is 11.8 Å². The number of hydrogen-bond donors (Lipinski definition) is 1. The molecule has 0 fully saturated rings. The summed E-state index contributed by atoms with van der Waals surface area (Å²) in [7, 11) is 3.00. The van der Waals surface area contributed by atoms with Crippen LogP contribution in [0.2, 0.25) is 0 Å². The molecule has 6 heteroatoms. The Kier molecular flexibility index (Phi) is 15.3. The highest BCUT2D eigenvalue weighted by molar-refractivity contribution is 5.93. The summed E-state index contributed by atoms with van der Waals surface area (Å²) in [6, 6.07) is 0. The van der Waals surface area contributed by atoms with Crippen molar-refractivity contribution in [1.82, 2.24) is 9.97 Å². The van der Waals surface area contributed by atoms with Crippen molar-refractivity contribution < 1.29 is 14.3 Å². The summed E-state index contributed by atoms with van der Waals surface area (Å²) >= 11 is 0. The van der Waals surface area contributed by atoms with Gasteiger partial charge in [0.1, 0.15) is 6.33 Å². The Labute approximate surface area is 182 Å². The van der Waals surface area contributed by atoms with Crippen LogP contribution >= 0.6 is 0 Å². The van der Waals surface area contributed by atoms with Crippen molar-refractivity contribution in [3.05, 3.63) is 18.5 Å². The van der Waals surface area contributed by atoms with Gasteiger partial charge in [0.25, 0.3) is 0 Å². The number of ether oxygens (including phenoxy) is 2. The molecule has 0 unspecified atom stereocenters. The quantitative estimate of drug-likeness (QED) is 0.218. The van der Waals surface area contributed by atoms with Crippen molar-refractivity contribution in [2.24, 2.45) is 0 Å². The molecule has 0 aliphatic carbocycles.